The summed E-state index contributed by atoms with van der Waals surface area (Å²) in [6.45, 7) is 0. The van der Waals surface area contributed by atoms with E-state index < -0.39 is 9.84 Å². The standard InChI is InChI=1S/C8H9N5O3S/c14-17(15)2-1-5(3-17)8-11-7(13-16-8)6-9-4-10-12-6/h4-5H,1-3H2,(H,9,10,12). The Morgan fingerprint density at radius 2 is 2.35 bits per heavy atom. The molecule has 3 heterocycles. The van der Waals surface area contributed by atoms with Crippen molar-refractivity contribution < 1.29 is 12.9 Å². The average Bonchev–Trinajstić information content (AvgIpc) is 2.93. The smallest absolute Gasteiger partial charge is 0.239 e. The van der Waals surface area contributed by atoms with Crippen LogP contribution in [0.25, 0.3) is 11.6 Å². The van der Waals surface area contributed by atoms with Crippen molar-refractivity contribution in [2.45, 2.75) is 12.3 Å². The number of nitrogens with zero attached hydrogens (tertiary/aromatic N) is 4. The Morgan fingerprint density at radius 1 is 1.47 bits per heavy atom. The van der Waals surface area contributed by atoms with E-state index in [1.807, 2.05) is 0 Å². The zero-order valence-electron chi connectivity index (χ0n) is 8.70. The molecule has 9 heteroatoms. The topological polar surface area (TPSA) is 115 Å². The van der Waals surface area contributed by atoms with Gasteiger partial charge in [-0.1, -0.05) is 5.16 Å². The summed E-state index contributed by atoms with van der Waals surface area (Å²) in [6.07, 6.45) is 1.87. The van der Waals surface area contributed by atoms with Gasteiger partial charge in [0.05, 0.1) is 17.4 Å². The summed E-state index contributed by atoms with van der Waals surface area (Å²) in [5.41, 5.74) is 0. The Hall–Kier alpha value is -1.77. The highest BCUT2D eigenvalue weighted by Gasteiger charge is 2.33. The van der Waals surface area contributed by atoms with Crippen LogP contribution in [0.15, 0.2) is 10.9 Å². The number of nitrogens with one attached hydrogen (secondary N) is 1. The van der Waals surface area contributed by atoms with Crippen molar-refractivity contribution in [1.82, 2.24) is 25.3 Å². The van der Waals surface area contributed by atoms with Gasteiger partial charge in [0, 0.05) is 0 Å². The molecule has 1 aliphatic rings. The van der Waals surface area contributed by atoms with Crippen LogP contribution in [-0.2, 0) is 9.84 Å². The van der Waals surface area contributed by atoms with E-state index in [-0.39, 0.29) is 17.4 Å². The summed E-state index contributed by atoms with van der Waals surface area (Å²) in [4.78, 5) is 8.01. The lowest BCUT2D eigenvalue weighted by molar-refractivity contribution is 0.361. The zero-order valence-corrected chi connectivity index (χ0v) is 9.51. The molecule has 1 unspecified atom stereocenters. The third-order valence-corrected chi connectivity index (χ3v) is 4.42. The van der Waals surface area contributed by atoms with Crippen LogP contribution in [0.3, 0.4) is 0 Å². The quantitative estimate of drug-likeness (QED) is 0.787. The van der Waals surface area contributed by atoms with Gasteiger partial charge in [0.15, 0.2) is 15.7 Å². The highest BCUT2D eigenvalue weighted by molar-refractivity contribution is 7.91. The van der Waals surface area contributed by atoms with E-state index in [2.05, 4.69) is 25.3 Å². The molecule has 17 heavy (non-hydrogen) atoms. The lowest BCUT2D eigenvalue weighted by Gasteiger charge is -1.97. The molecule has 0 aromatic carbocycles. The fourth-order valence-electron chi connectivity index (χ4n) is 1.80. The number of H-pyrrole nitrogens is 1. The Kier molecular flexibility index (Phi) is 2.21. The minimum Gasteiger partial charge on any atom is -0.339 e. The van der Waals surface area contributed by atoms with Crippen LogP contribution < -0.4 is 0 Å². The van der Waals surface area contributed by atoms with Crippen molar-refractivity contribution in [2.75, 3.05) is 11.5 Å². The number of aromatic amines is 1. The largest absolute Gasteiger partial charge is 0.339 e. The number of hydrogen-bond donors (Lipinski definition) is 1. The maximum absolute atomic E-state index is 11.3. The monoisotopic (exact) mass is 255 g/mol. The highest BCUT2D eigenvalue weighted by Crippen LogP contribution is 2.28. The molecule has 0 amide bonds. The molecule has 0 saturated carbocycles. The first kappa shape index (κ1) is 10.4. The lowest BCUT2D eigenvalue weighted by Crippen LogP contribution is -2.04. The Bertz CT molecular complexity index is 617. The zero-order chi connectivity index (χ0) is 11.9. The van der Waals surface area contributed by atoms with Crippen LogP contribution in [0.2, 0.25) is 0 Å². The summed E-state index contributed by atoms with van der Waals surface area (Å²) >= 11 is 0. The summed E-state index contributed by atoms with van der Waals surface area (Å²) in [7, 11) is -2.95. The summed E-state index contributed by atoms with van der Waals surface area (Å²) in [5.74, 6) is 1.09. The van der Waals surface area contributed by atoms with Crippen molar-refractivity contribution in [1.29, 1.82) is 0 Å². The SMILES string of the molecule is O=S1(=O)CCC(c2nc(-c3ncn[nH]3)no2)C1. The van der Waals surface area contributed by atoms with Gasteiger partial charge in [-0.15, -0.1) is 0 Å². The van der Waals surface area contributed by atoms with Crippen molar-refractivity contribution in [3.63, 3.8) is 0 Å². The molecule has 0 aliphatic carbocycles. The van der Waals surface area contributed by atoms with Gasteiger partial charge < -0.3 is 4.52 Å². The predicted molar refractivity (Wildman–Crippen MR) is 55.7 cm³/mol. The molecule has 2 aromatic rings. The Balaban J connectivity index is 1.87. The van der Waals surface area contributed by atoms with Gasteiger partial charge in [0.25, 0.3) is 0 Å². The second-order valence-electron chi connectivity index (χ2n) is 3.89. The van der Waals surface area contributed by atoms with Crippen molar-refractivity contribution >= 4 is 9.84 Å². The number of rotatable bonds is 2. The van der Waals surface area contributed by atoms with E-state index >= 15 is 0 Å². The molecule has 0 radical (unpaired) electrons. The number of sulfone groups is 1. The van der Waals surface area contributed by atoms with Gasteiger partial charge in [0.1, 0.15) is 6.33 Å². The van der Waals surface area contributed by atoms with Crippen LogP contribution >= 0.6 is 0 Å². The van der Waals surface area contributed by atoms with Crippen molar-refractivity contribution in [3.8, 4) is 11.6 Å². The number of aromatic nitrogens is 5. The summed E-state index contributed by atoms with van der Waals surface area (Å²) in [5, 5.41) is 10.0. The Labute approximate surface area is 96.4 Å². The molecule has 3 rings (SSSR count). The van der Waals surface area contributed by atoms with Crippen molar-refractivity contribution in [2.24, 2.45) is 0 Å². The van der Waals surface area contributed by atoms with Gasteiger partial charge in [-0.2, -0.15) is 10.1 Å². The molecule has 2 aromatic heterocycles. The fourth-order valence-corrected chi connectivity index (χ4v) is 3.53. The number of hydrogen-bond acceptors (Lipinski definition) is 7. The maximum atomic E-state index is 11.3. The van der Waals surface area contributed by atoms with Crippen LogP contribution in [0.1, 0.15) is 18.2 Å². The van der Waals surface area contributed by atoms with E-state index in [1.165, 1.54) is 6.33 Å². The first-order valence-electron chi connectivity index (χ1n) is 5.04. The van der Waals surface area contributed by atoms with Crippen LogP contribution in [0.4, 0.5) is 0 Å². The molecular weight excluding hydrogens is 246 g/mol. The molecule has 1 saturated heterocycles. The normalized spacial score (nSPS) is 22.9. The average molecular weight is 255 g/mol. The second-order valence-corrected chi connectivity index (χ2v) is 6.12. The molecule has 1 atom stereocenters. The van der Waals surface area contributed by atoms with E-state index in [4.69, 9.17) is 4.52 Å². The van der Waals surface area contributed by atoms with Crippen molar-refractivity contribution in [3.05, 3.63) is 12.2 Å². The first-order valence-corrected chi connectivity index (χ1v) is 6.86. The molecular formula is C8H9N5O3S. The van der Waals surface area contributed by atoms with Gasteiger partial charge >= 0.3 is 0 Å². The van der Waals surface area contributed by atoms with Crippen LogP contribution in [0.5, 0.6) is 0 Å². The molecule has 0 spiro atoms. The summed E-state index contributed by atoms with van der Waals surface area (Å²) < 4.78 is 27.7. The fraction of sp³-hybridized carbons (Fsp3) is 0.500. The maximum Gasteiger partial charge on any atom is 0.239 e. The lowest BCUT2D eigenvalue weighted by atomic mass is 10.1. The molecule has 1 fully saturated rings. The molecule has 1 aliphatic heterocycles. The Morgan fingerprint density at radius 3 is 3.00 bits per heavy atom. The third kappa shape index (κ3) is 1.93. The van der Waals surface area contributed by atoms with Gasteiger partial charge in [-0.05, 0) is 6.42 Å². The highest BCUT2D eigenvalue weighted by atomic mass is 32.2. The van der Waals surface area contributed by atoms with Crippen LogP contribution in [-0.4, -0.2) is 45.2 Å². The van der Waals surface area contributed by atoms with Gasteiger partial charge in [-0.25, -0.2) is 13.4 Å². The van der Waals surface area contributed by atoms with Gasteiger partial charge in [-0.3, -0.25) is 5.10 Å². The van der Waals surface area contributed by atoms with Crippen LogP contribution in [0, 0.1) is 0 Å². The second kappa shape index (κ2) is 3.62. The third-order valence-electron chi connectivity index (χ3n) is 2.65. The first-order chi connectivity index (χ1) is 8.14. The van der Waals surface area contributed by atoms with E-state index in [0.29, 0.717) is 24.0 Å². The summed E-state index contributed by atoms with van der Waals surface area (Å²) in [6, 6.07) is 0. The minimum absolute atomic E-state index is 0.0744. The van der Waals surface area contributed by atoms with Gasteiger partial charge in [0.2, 0.25) is 11.7 Å². The molecule has 90 valence electrons. The molecule has 8 nitrogen and oxygen atoms in total. The molecule has 0 bridgehead atoms. The minimum atomic E-state index is -2.95. The van der Waals surface area contributed by atoms with E-state index in [0.717, 1.165) is 0 Å². The molecule has 1 N–H and O–H groups in total. The van der Waals surface area contributed by atoms with E-state index in [1.54, 1.807) is 0 Å². The van der Waals surface area contributed by atoms with E-state index in [9.17, 15) is 8.42 Å². The predicted octanol–water partition coefficient (Wildman–Crippen LogP) is -0.243.